The Hall–Kier alpha value is -4.28. The fraction of sp³-hybridized carbons (Fsp3) is 0.556. The van der Waals surface area contributed by atoms with Crippen molar-refractivity contribution in [3.05, 3.63) is 35.9 Å². The van der Waals surface area contributed by atoms with Crippen molar-refractivity contribution in [3.63, 3.8) is 0 Å². The summed E-state index contributed by atoms with van der Waals surface area (Å²) in [5.41, 5.74) is 11.7. The molecule has 1 aromatic rings. The van der Waals surface area contributed by atoms with E-state index in [4.69, 9.17) is 16.9 Å². The molecule has 5 atom stereocenters. The van der Waals surface area contributed by atoms with E-state index in [1.807, 2.05) is 0 Å². The minimum atomic E-state index is -1.51. The monoisotopic (exact) mass is 605 g/mol. The second-order valence-corrected chi connectivity index (χ2v) is 10.2. The number of carboxylic acid groups (broad SMARTS) is 1. The van der Waals surface area contributed by atoms with Gasteiger partial charge in [-0.05, 0) is 44.2 Å². The number of rotatable bonds is 12. The summed E-state index contributed by atoms with van der Waals surface area (Å²) >= 11 is 0. The number of carbonyl (C=O) groups excluding carboxylic acids is 4. The van der Waals surface area contributed by atoms with Crippen LogP contribution < -0.4 is 43.4 Å². The van der Waals surface area contributed by atoms with E-state index >= 15 is 0 Å². The molecule has 2 rings (SSSR count). The number of carboxylic acids is 1. The van der Waals surface area contributed by atoms with Gasteiger partial charge in [0.2, 0.25) is 23.6 Å². The van der Waals surface area contributed by atoms with E-state index in [1.165, 1.54) is 0 Å². The number of aliphatic carboxylic acids is 1. The van der Waals surface area contributed by atoms with Gasteiger partial charge in [0.1, 0.15) is 18.3 Å². The van der Waals surface area contributed by atoms with Crippen LogP contribution in [0.1, 0.15) is 44.1 Å². The summed E-state index contributed by atoms with van der Waals surface area (Å²) in [7, 11) is 0. The number of amides is 4. The van der Waals surface area contributed by atoms with E-state index in [2.05, 4.69) is 31.9 Å². The zero-order chi connectivity index (χ0) is 31.8. The fourth-order valence-corrected chi connectivity index (χ4v) is 4.49. The molecule has 43 heavy (non-hydrogen) atoms. The van der Waals surface area contributed by atoms with Crippen LogP contribution in [-0.4, -0.2) is 95.8 Å². The van der Waals surface area contributed by atoms with Crippen molar-refractivity contribution < 1.29 is 34.2 Å². The molecule has 5 unspecified atom stereocenters. The number of guanidine groups is 1. The van der Waals surface area contributed by atoms with Crippen molar-refractivity contribution in [1.82, 2.24) is 31.9 Å². The molecule has 13 N–H and O–H groups in total. The molecule has 1 heterocycles. The maximum absolute atomic E-state index is 13.5. The van der Waals surface area contributed by atoms with Crippen molar-refractivity contribution in [2.45, 2.75) is 75.3 Å². The average molecular weight is 606 g/mol. The normalized spacial score (nSPS) is 23.9. The van der Waals surface area contributed by atoms with Crippen LogP contribution >= 0.6 is 0 Å². The highest BCUT2D eigenvalue weighted by Crippen LogP contribution is 2.10. The summed E-state index contributed by atoms with van der Waals surface area (Å²) in [6, 6.07) is 4.26. The average Bonchev–Trinajstić information content (AvgIpc) is 2.95. The number of aliphatic hydroxyl groups excluding tert-OH is 1. The lowest BCUT2D eigenvalue weighted by atomic mass is 10.0. The van der Waals surface area contributed by atoms with E-state index < -0.39 is 73.0 Å². The van der Waals surface area contributed by atoms with Crippen molar-refractivity contribution >= 4 is 35.6 Å². The van der Waals surface area contributed by atoms with Gasteiger partial charge in [-0.2, -0.15) is 0 Å². The quantitative estimate of drug-likeness (QED) is 0.0647. The summed E-state index contributed by atoms with van der Waals surface area (Å²) in [5.74, 6) is -4.58. The number of nitrogens with one attached hydrogen (secondary N) is 7. The summed E-state index contributed by atoms with van der Waals surface area (Å²) in [6.45, 7) is 0.0382. The van der Waals surface area contributed by atoms with Gasteiger partial charge in [0.25, 0.3) is 0 Å². The molecule has 0 saturated carbocycles. The lowest BCUT2D eigenvalue weighted by Gasteiger charge is -2.30. The Kier molecular flexibility index (Phi) is 14.9. The third-order valence-electron chi connectivity index (χ3n) is 6.71. The first-order chi connectivity index (χ1) is 20.5. The van der Waals surface area contributed by atoms with Crippen LogP contribution in [-0.2, 0) is 30.4 Å². The number of hydrogen-bond donors (Lipinski definition) is 11. The largest absolute Gasteiger partial charge is 0.481 e. The zero-order valence-corrected chi connectivity index (χ0v) is 23.9. The van der Waals surface area contributed by atoms with Crippen molar-refractivity contribution in [2.75, 3.05) is 19.6 Å². The van der Waals surface area contributed by atoms with Crippen LogP contribution in [0.5, 0.6) is 0 Å². The molecule has 0 bridgehead atoms. The molecule has 1 fully saturated rings. The van der Waals surface area contributed by atoms with E-state index in [0.717, 1.165) is 5.56 Å². The second kappa shape index (κ2) is 18.3. The standard InChI is InChI=1S/C27H43N9O7/c28-11-5-4-9-18-24(41)34-17(10-6-12-31-27(29)30)23(40)32-15-21(37)33-20(14-22(38)39)26(43)36-19(25(42)35-18)13-16-7-2-1-3-8-16/h1-3,7-8,17-20,25,35,42H,4-6,9-15,28H2,(H,32,40)(H,33,37)(H,34,41)(H,36,43)(H,38,39)(H4,29,30,31). The van der Waals surface area contributed by atoms with Gasteiger partial charge >= 0.3 is 5.97 Å². The molecule has 0 radical (unpaired) electrons. The van der Waals surface area contributed by atoms with E-state index in [-0.39, 0.29) is 31.8 Å². The van der Waals surface area contributed by atoms with Gasteiger partial charge in [-0.3, -0.25) is 34.7 Å². The van der Waals surface area contributed by atoms with Gasteiger partial charge in [-0.1, -0.05) is 36.8 Å². The first-order valence-corrected chi connectivity index (χ1v) is 14.2. The van der Waals surface area contributed by atoms with Crippen molar-refractivity contribution in [2.24, 2.45) is 11.5 Å². The Morgan fingerprint density at radius 3 is 2.26 bits per heavy atom. The van der Waals surface area contributed by atoms with Gasteiger partial charge < -0.3 is 48.3 Å². The first kappa shape index (κ1) is 34.9. The Balaban J connectivity index is 2.42. The van der Waals surface area contributed by atoms with Gasteiger partial charge in [0.05, 0.1) is 25.0 Å². The Bertz CT molecular complexity index is 1110. The molecule has 0 aromatic heterocycles. The van der Waals surface area contributed by atoms with Gasteiger partial charge in [0.15, 0.2) is 5.96 Å². The maximum atomic E-state index is 13.5. The topological polar surface area (TPSA) is 274 Å². The highest BCUT2D eigenvalue weighted by Gasteiger charge is 2.33. The minimum absolute atomic E-state index is 0.109. The second-order valence-electron chi connectivity index (χ2n) is 10.2. The third-order valence-corrected chi connectivity index (χ3v) is 6.71. The van der Waals surface area contributed by atoms with Crippen LogP contribution in [0.4, 0.5) is 0 Å². The predicted octanol–water partition coefficient (Wildman–Crippen LogP) is -3.04. The van der Waals surface area contributed by atoms with E-state index in [9.17, 15) is 34.2 Å². The number of aliphatic hydroxyl groups is 1. The molecular formula is C27H43N9O7. The van der Waals surface area contributed by atoms with E-state index in [0.29, 0.717) is 25.8 Å². The summed E-state index contributed by atoms with van der Waals surface area (Å²) in [4.78, 5) is 63.8. The van der Waals surface area contributed by atoms with Gasteiger partial charge in [0, 0.05) is 6.54 Å². The summed E-state index contributed by atoms with van der Waals surface area (Å²) in [5, 5.41) is 43.4. The first-order valence-electron chi connectivity index (χ1n) is 14.2. The van der Waals surface area contributed by atoms with Crippen LogP contribution in [0, 0.1) is 5.41 Å². The molecule has 1 aliphatic rings. The Morgan fingerprint density at radius 1 is 0.930 bits per heavy atom. The molecule has 1 aliphatic heterocycles. The Labute approximate surface area is 249 Å². The minimum Gasteiger partial charge on any atom is -0.481 e. The van der Waals surface area contributed by atoms with Crippen LogP contribution in [0.15, 0.2) is 30.3 Å². The molecule has 0 aliphatic carbocycles. The molecular weight excluding hydrogens is 562 g/mol. The van der Waals surface area contributed by atoms with Gasteiger partial charge in [-0.25, -0.2) is 0 Å². The zero-order valence-electron chi connectivity index (χ0n) is 23.9. The van der Waals surface area contributed by atoms with Crippen LogP contribution in [0.2, 0.25) is 0 Å². The molecule has 1 aromatic carbocycles. The van der Waals surface area contributed by atoms with Crippen molar-refractivity contribution in [3.8, 4) is 0 Å². The lowest BCUT2D eigenvalue weighted by molar-refractivity contribution is -0.141. The molecule has 4 amide bonds. The van der Waals surface area contributed by atoms with Crippen LogP contribution in [0.25, 0.3) is 0 Å². The van der Waals surface area contributed by atoms with Crippen LogP contribution in [0.3, 0.4) is 0 Å². The lowest BCUT2D eigenvalue weighted by Crippen LogP contribution is -2.60. The number of benzene rings is 1. The number of hydrogen-bond acceptors (Lipinski definition) is 9. The van der Waals surface area contributed by atoms with Crippen molar-refractivity contribution in [1.29, 1.82) is 5.41 Å². The summed E-state index contributed by atoms with van der Waals surface area (Å²) < 4.78 is 0. The molecule has 16 nitrogen and oxygen atoms in total. The number of unbranched alkanes of at least 4 members (excludes halogenated alkanes) is 1. The predicted molar refractivity (Wildman–Crippen MR) is 156 cm³/mol. The SMILES string of the molecule is N=C(N)NCCCC1NC(=O)C(CCCCN)NC(O)C(Cc2ccccc2)NC(=O)C(CC(=O)O)NC(=O)CNC1=O. The third kappa shape index (κ3) is 13.1. The van der Waals surface area contributed by atoms with Gasteiger partial charge in [-0.15, -0.1) is 0 Å². The fourth-order valence-electron chi connectivity index (χ4n) is 4.49. The highest BCUT2D eigenvalue weighted by molar-refractivity contribution is 5.94. The maximum Gasteiger partial charge on any atom is 0.305 e. The summed E-state index contributed by atoms with van der Waals surface area (Å²) in [6.07, 6.45) is -0.325. The smallest absolute Gasteiger partial charge is 0.305 e. The molecule has 1 saturated heterocycles. The molecule has 238 valence electrons. The molecule has 0 spiro atoms. The molecule has 16 heteroatoms. The highest BCUT2D eigenvalue weighted by atomic mass is 16.4. The van der Waals surface area contributed by atoms with E-state index in [1.54, 1.807) is 30.3 Å². The number of nitrogens with two attached hydrogens (primary N) is 2. The Morgan fingerprint density at radius 2 is 1.60 bits per heavy atom. The number of carbonyl (C=O) groups is 5.